The molecular weight excluding hydrogens is 302 g/mol. The summed E-state index contributed by atoms with van der Waals surface area (Å²) in [6.07, 6.45) is -5.83. The summed E-state index contributed by atoms with van der Waals surface area (Å²) in [7, 11) is 0. The molecular formula is C16H22NO6-. The van der Waals surface area contributed by atoms with Gasteiger partial charge in [0.05, 0.1) is 12.6 Å². The molecule has 3 N–H and O–H groups in total. The van der Waals surface area contributed by atoms with Crippen LogP contribution in [-0.4, -0.2) is 63.4 Å². The highest BCUT2D eigenvalue weighted by molar-refractivity contribution is 5.73. The van der Waals surface area contributed by atoms with E-state index in [2.05, 4.69) is 0 Å². The lowest BCUT2D eigenvalue weighted by atomic mass is 9.95. The Morgan fingerprint density at radius 2 is 1.87 bits per heavy atom. The number of aliphatic hydroxyl groups is 3. The van der Waals surface area contributed by atoms with Crippen LogP contribution < -0.4 is 5.11 Å². The number of rotatable bonds is 4. The van der Waals surface area contributed by atoms with Gasteiger partial charge in [-0.15, -0.1) is 0 Å². The van der Waals surface area contributed by atoms with E-state index in [9.17, 15) is 20.1 Å². The molecule has 1 amide bonds. The second kappa shape index (κ2) is 7.37. The quantitative estimate of drug-likeness (QED) is 0.622. The average Bonchev–Trinajstić information content (AvgIpc) is 2.51. The Labute approximate surface area is 134 Å². The molecule has 0 unspecified atom stereocenters. The van der Waals surface area contributed by atoms with Crippen molar-refractivity contribution in [3.8, 4) is 0 Å². The Morgan fingerprint density at radius 1 is 1.26 bits per heavy atom. The van der Waals surface area contributed by atoms with Gasteiger partial charge in [0.15, 0.2) is 0 Å². The van der Waals surface area contributed by atoms with Gasteiger partial charge in [0.2, 0.25) is 5.91 Å². The summed E-state index contributed by atoms with van der Waals surface area (Å²) in [5.74, 6) is -0.409. The van der Waals surface area contributed by atoms with Crippen molar-refractivity contribution in [1.82, 2.24) is 4.90 Å². The van der Waals surface area contributed by atoms with E-state index < -0.39 is 43.2 Å². The zero-order chi connectivity index (χ0) is 17.1. The molecule has 5 atom stereocenters. The number of carbonyl (C=O) groups excluding carboxylic acids is 1. The third-order valence-electron chi connectivity index (χ3n) is 4.09. The van der Waals surface area contributed by atoms with Crippen molar-refractivity contribution in [3.63, 3.8) is 0 Å². The van der Waals surface area contributed by atoms with Gasteiger partial charge in [-0.3, -0.25) is 4.79 Å². The zero-order valence-electron chi connectivity index (χ0n) is 13.1. The third-order valence-corrected chi connectivity index (χ3v) is 4.09. The Hall–Kier alpha value is -1.51. The monoisotopic (exact) mass is 324 g/mol. The van der Waals surface area contributed by atoms with E-state index in [1.54, 1.807) is 0 Å². The first kappa shape index (κ1) is 17.8. The number of carbonyl (C=O) groups is 1. The molecule has 23 heavy (non-hydrogen) atoms. The minimum atomic E-state index is -1.75. The zero-order valence-corrected chi connectivity index (χ0v) is 13.1. The fourth-order valence-corrected chi connectivity index (χ4v) is 2.72. The molecule has 2 rings (SSSR count). The maximum atomic E-state index is 12.2. The number of nitrogens with zero attached hydrogens (tertiary/aromatic N) is 1. The highest BCUT2D eigenvalue weighted by atomic mass is 16.6. The molecule has 1 aromatic carbocycles. The highest BCUT2D eigenvalue weighted by Gasteiger charge is 2.43. The summed E-state index contributed by atoms with van der Waals surface area (Å²) >= 11 is 0. The van der Waals surface area contributed by atoms with Crippen LogP contribution >= 0.6 is 0 Å². The Balaban J connectivity index is 2.22. The predicted molar refractivity (Wildman–Crippen MR) is 79.0 cm³/mol. The normalized spacial score (nSPS) is 31.0. The number of ether oxygens (including phenoxy) is 1. The first-order valence-corrected chi connectivity index (χ1v) is 7.46. The van der Waals surface area contributed by atoms with Crippen LogP contribution in [0, 0.1) is 6.92 Å². The molecule has 0 bridgehead atoms. The lowest BCUT2D eigenvalue weighted by Gasteiger charge is -2.50. The molecule has 0 aromatic heterocycles. The van der Waals surface area contributed by atoms with Crippen LogP contribution in [0.15, 0.2) is 24.3 Å². The first-order chi connectivity index (χ1) is 10.8. The first-order valence-electron chi connectivity index (χ1n) is 7.46. The third kappa shape index (κ3) is 3.88. The molecule has 7 heteroatoms. The molecule has 1 aliphatic rings. The summed E-state index contributed by atoms with van der Waals surface area (Å²) in [6.45, 7) is 2.76. The number of aryl methyl sites for hydroxylation is 1. The van der Waals surface area contributed by atoms with Gasteiger partial charge in [-0.05, 0) is 12.5 Å². The maximum Gasteiger partial charge on any atom is 0.220 e. The molecule has 1 aliphatic heterocycles. The molecule has 1 saturated heterocycles. The largest absolute Gasteiger partial charge is 0.829 e. The van der Waals surface area contributed by atoms with Crippen LogP contribution in [0.1, 0.15) is 18.1 Å². The molecule has 1 heterocycles. The van der Waals surface area contributed by atoms with Gasteiger partial charge in [-0.2, -0.15) is 0 Å². The van der Waals surface area contributed by atoms with Gasteiger partial charge in [0.25, 0.3) is 0 Å². The van der Waals surface area contributed by atoms with E-state index in [0.29, 0.717) is 0 Å². The van der Waals surface area contributed by atoms with Gasteiger partial charge in [-0.1, -0.05) is 29.8 Å². The van der Waals surface area contributed by atoms with Crippen molar-refractivity contribution < 1.29 is 30.0 Å². The van der Waals surface area contributed by atoms with Crippen LogP contribution in [0.25, 0.3) is 0 Å². The fourth-order valence-electron chi connectivity index (χ4n) is 2.72. The van der Waals surface area contributed by atoms with Crippen LogP contribution in [0.3, 0.4) is 0 Å². The highest BCUT2D eigenvalue weighted by Crippen LogP contribution is 2.24. The standard InChI is InChI=1S/C16H22NO6/c1-9-3-5-11(6-4-9)7-17(10(2)19)13-15(21)14(20)12(8-18)23-16(13)22/h3-6,12-16,18,20-21H,7-8H2,1-2H3/q-1/t12-,13-,14-,15-,16-/m1/s1. The van der Waals surface area contributed by atoms with Crippen molar-refractivity contribution in [1.29, 1.82) is 0 Å². The van der Waals surface area contributed by atoms with Crippen molar-refractivity contribution in [2.75, 3.05) is 6.61 Å². The molecule has 1 aromatic rings. The second-order valence-corrected chi connectivity index (χ2v) is 5.83. The maximum absolute atomic E-state index is 12.2. The summed E-state index contributed by atoms with van der Waals surface area (Å²) in [4.78, 5) is 13.2. The lowest BCUT2D eigenvalue weighted by molar-refractivity contribution is -0.525. The second-order valence-electron chi connectivity index (χ2n) is 5.83. The van der Waals surface area contributed by atoms with Crippen molar-refractivity contribution in [3.05, 3.63) is 35.4 Å². The molecule has 1 fully saturated rings. The molecule has 0 radical (unpaired) electrons. The Kier molecular flexibility index (Phi) is 5.72. The number of hydrogen-bond donors (Lipinski definition) is 3. The summed E-state index contributed by atoms with van der Waals surface area (Å²) in [5.41, 5.74) is 1.86. The lowest BCUT2D eigenvalue weighted by Crippen LogP contribution is -2.68. The van der Waals surface area contributed by atoms with Crippen LogP contribution in [-0.2, 0) is 16.1 Å². The molecule has 0 spiro atoms. The smallest absolute Gasteiger partial charge is 0.220 e. The van der Waals surface area contributed by atoms with E-state index in [4.69, 9.17) is 9.84 Å². The minimum absolute atomic E-state index is 0.121. The van der Waals surface area contributed by atoms with E-state index >= 15 is 0 Å². The van der Waals surface area contributed by atoms with Gasteiger partial charge in [-0.25, -0.2) is 0 Å². The predicted octanol–water partition coefficient (Wildman–Crippen LogP) is -1.49. The van der Waals surface area contributed by atoms with Crippen LogP contribution in [0.4, 0.5) is 0 Å². The van der Waals surface area contributed by atoms with E-state index in [1.165, 1.54) is 11.8 Å². The fraction of sp³-hybridized carbons (Fsp3) is 0.562. The van der Waals surface area contributed by atoms with Crippen LogP contribution in [0.2, 0.25) is 0 Å². The SMILES string of the molecule is CC(=O)N(Cc1ccc(C)cc1)[C@@H]1[C@@H](O)[C@H](O)[C@@H](CO)O[C@H]1[O-]. The van der Waals surface area contributed by atoms with E-state index in [0.717, 1.165) is 11.1 Å². The van der Waals surface area contributed by atoms with Gasteiger partial charge < -0.3 is 30.1 Å². The van der Waals surface area contributed by atoms with Crippen molar-refractivity contribution >= 4 is 5.91 Å². The summed E-state index contributed by atoms with van der Waals surface area (Å²) in [6, 6.07) is 6.19. The number of benzene rings is 1. The van der Waals surface area contributed by atoms with Crippen molar-refractivity contribution in [2.24, 2.45) is 0 Å². The van der Waals surface area contributed by atoms with Gasteiger partial charge >= 0.3 is 0 Å². The summed E-state index contributed by atoms with van der Waals surface area (Å²) < 4.78 is 5.01. The molecule has 0 aliphatic carbocycles. The van der Waals surface area contributed by atoms with Gasteiger partial charge in [0.1, 0.15) is 18.3 Å². The molecule has 0 saturated carbocycles. The molecule has 7 nitrogen and oxygen atoms in total. The minimum Gasteiger partial charge on any atom is -0.829 e. The van der Waals surface area contributed by atoms with E-state index in [-0.39, 0.29) is 6.54 Å². The van der Waals surface area contributed by atoms with Crippen LogP contribution in [0.5, 0.6) is 0 Å². The number of amides is 1. The Bertz CT molecular complexity index is 534. The average molecular weight is 324 g/mol. The topological polar surface area (TPSA) is 113 Å². The summed E-state index contributed by atoms with van der Waals surface area (Å²) in [5, 5.41) is 41.4. The van der Waals surface area contributed by atoms with E-state index in [1.807, 2.05) is 31.2 Å². The molecule has 128 valence electrons. The number of aliphatic hydroxyl groups excluding tert-OH is 3. The van der Waals surface area contributed by atoms with Crippen molar-refractivity contribution in [2.45, 2.75) is 51.0 Å². The Morgan fingerprint density at radius 3 is 2.39 bits per heavy atom. The number of hydrogen-bond acceptors (Lipinski definition) is 6. The van der Waals surface area contributed by atoms with Gasteiger partial charge in [0, 0.05) is 19.8 Å².